The number of rotatable bonds is 8. The fraction of sp³-hybridized carbons (Fsp3) is 0.333. The van der Waals surface area contributed by atoms with Gasteiger partial charge in [-0.15, -0.1) is 0 Å². The zero-order valence-electron chi connectivity index (χ0n) is 11.1. The van der Waals surface area contributed by atoms with Gasteiger partial charge in [-0.3, -0.25) is 4.79 Å². The lowest BCUT2D eigenvalue weighted by molar-refractivity contribution is -0.118. The second-order valence-electron chi connectivity index (χ2n) is 4.31. The third-order valence-electron chi connectivity index (χ3n) is 2.65. The Labute approximate surface area is 121 Å². The first-order valence-electron chi connectivity index (χ1n) is 6.08. The molecule has 21 heavy (non-hydrogen) atoms. The van der Waals surface area contributed by atoms with Crippen LogP contribution in [0.3, 0.4) is 0 Å². The van der Waals surface area contributed by atoms with Gasteiger partial charge in [0.1, 0.15) is 11.3 Å². The van der Waals surface area contributed by atoms with E-state index in [9.17, 15) is 23.1 Å². The first kappa shape index (κ1) is 16.9. The Balaban J connectivity index is 2.72. The molecule has 0 saturated carbocycles. The molecule has 116 valence electrons. The smallest absolute Gasteiger partial charge is 0.339 e. The van der Waals surface area contributed by atoms with E-state index < -0.39 is 33.2 Å². The van der Waals surface area contributed by atoms with Gasteiger partial charge in [0, 0.05) is 13.0 Å². The summed E-state index contributed by atoms with van der Waals surface area (Å²) in [7, 11) is -3.87. The van der Waals surface area contributed by atoms with Crippen LogP contribution in [0.5, 0.6) is 5.75 Å². The third-order valence-corrected chi connectivity index (χ3v) is 4.11. The SMILES string of the molecule is NC(=O)CCCCNS(=O)(=O)c1ccc(O)c(C(=O)O)c1. The van der Waals surface area contributed by atoms with E-state index in [0.29, 0.717) is 12.8 Å². The zero-order chi connectivity index (χ0) is 16.0. The van der Waals surface area contributed by atoms with E-state index in [-0.39, 0.29) is 17.9 Å². The van der Waals surface area contributed by atoms with Gasteiger partial charge >= 0.3 is 5.97 Å². The number of sulfonamides is 1. The Bertz CT molecular complexity index is 641. The molecule has 5 N–H and O–H groups in total. The summed E-state index contributed by atoms with van der Waals surface area (Å²) in [6, 6.07) is 2.99. The van der Waals surface area contributed by atoms with Crippen molar-refractivity contribution in [3.05, 3.63) is 23.8 Å². The quantitative estimate of drug-likeness (QED) is 0.497. The molecule has 0 bridgehead atoms. The van der Waals surface area contributed by atoms with Gasteiger partial charge in [0.05, 0.1) is 4.90 Å². The number of unbranched alkanes of at least 4 members (excludes halogenated alkanes) is 1. The Kier molecular flexibility index (Phi) is 5.68. The normalized spacial score (nSPS) is 11.2. The van der Waals surface area contributed by atoms with Crippen LogP contribution in [0.1, 0.15) is 29.6 Å². The van der Waals surface area contributed by atoms with Gasteiger partial charge < -0.3 is 15.9 Å². The highest BCUT2D eigenvalue weighted by Gasteiger charge is 2.18. The van der Waals surface area contributed by atoms with Crippen LogP contribution < -0.4 is 10.5 Å². The van der Waals surface area contributed by atoms with Crippen molar-refractivity contribution in [1.82, 2.24) is 4.72 Å². The van der Waals surface area contributed by atoms with Crippen LogP contribution in [0, 0.1) is 0 Å². The number of aromatic carboxylic acids is 1. The number of carbonyl (C=O) groups is 2. The topological polar surface area (TPSA) is 147 Å². The lowest BCUT2D eigenvalue weighted by Crippen LogP contribution is -2.25. The van der Waals surface area contributed by atoms with Crippen molar-refractivity contribution in [3.63, 3.8) is 0 Å². The standard InChI is InChI=1S/C12H16N2O6S/c13-11(16)3-1-2-6-14-21(19,20)8-4-5-10(15)9(7-8)12(17)18/h4-5,7,14-15H,1-3,6H2,(H2,13,16)(H,17,18). The maximum atomic E-state index is 11.9. The van der Waals surface area contributed by atoms with Crippen LogP contribution in [0.15, 0.2) is 23.1 Å². The van der Waals surface area contributed by atoms with Gasteiger partial charge in [0.25, 0.3) is 0 Å². The van der Waals surface area contributed by atoms with Crippen molar-refractivity contribution >= 4 is 21.9 Å². The highest BCUT2D eigenvalue weighted by molar-refractivity contribution is 7.89. The zero-order valence-corrected chi connectivity index (χ0v) is 11.9. The second-order valence-corrected chi connectivity index (χ2v) is 6.07. The summed E-state index contributed by atoms with van der Waals surface area (Å²) in [4.78, 5) is 21.1. The number of nitrogens with one attached hydrogen (secondary N) is 1. The number of phenols is 1. The Morgan fingerprint density at radius 2 is 1.90 bits per heavy atom. The van der Waals surface area contributed by atoms with Gasteiger partial charge in [0.2, 0.25) is 15.9 Å². The summed E-state index contributed by atoms with van der Waals surface area (Å²) in [6.45, 7) is 0.0961. The van der Waals surface area contributed by atoms with Crippen molar-refractivity contribution < 1.29 is 28.2 Å². The van der Waals surface area contributed by atoms with Crippen molar-refractivity contribution in [1.29, 1.82) is 0 Å². The van der Waals surface area contributed by atoms with Crippen molar-refractivity contribution in [2.24, 2.45) is 5.73 Å². The fourth-order valence-corrected chi connectivity index (χ4v) is 2.67. The maximum Gasteiger partial charge on any atom is 0.339 e. The number of carboxylic acids is 1. The molecule has 1 aromatic carbocycles. The monoisotopic (exact) mass is 316 g/mol. The average molecular weight is 316 g/mol. The highest BCUT2D eigenvalue weighted by atomic mass is 32.2. The summed E-state index contributed by atoms with van der Waals surface area (Å²) < 4.78 is 26.2. The fourth-order valence-electron chi connectivity index (χ4n) is 1.57. The molecule has 0 unspecified atom stereocenters. The lowest BCUT2D eigenvalue weighted by Gasteiger charge is -2.08. The molecule has 0 fully saturated rings. The minimum Gasteiger partial charge on any atom is -0.507 e. The Morgan fingerprint density at radius 1 is 1.24 bits per heavy atom. The van der Waals surface area contributed by atoms with E-state index in [4.69, 9.17) is 10.8 Å². The molecule has 0 aromatic heterocycles. The van der Waals surface area contributed by atoms with E-state index in [0.717, 1.165) is 18.2 Å². The van der Waals surface area contributed by atoms with E-state index >= 15 is 0 Å². The molecule has 0 aliphatic carbocycles. The van der Waals surface area contributed by atoms with Gasteiger partial charge in [-0.2, -0.15) is 0 Å². The van der Waals surface area contributed by atoms with Gasteiger partial charge in [-0.1, -0.05) is 0 Å². The molecule has 0 aliphatic rings. The van der Waals surface area contributed by atoms with Gasteiger partial charge in [-0.25, -0.2) is 17.9 Å². The largest absolute Gasteiger partial charge is 0.507 e. The summed E-state index contributed by atoms with van der Waals surface area (Å²) >= 11 is 0. The van der Waals surface area contributed by atoms with Crippen molar-refractivity contribution in [3.8, 4) is 5.75 Å². The van der Waals surface area contributed by atoms with Crippen LogP contribution in [0.4, 0.5) is 0 Å². The van der Waals surface area contributed by atoms with E-state index in [1.54, 1.807) is 0 Å². The maximum absolute atomic E-state index is 11.9. The van der Waals surface area contributed by atoms with Crippen molar-refractivity contribution in [2.45, 2.75) is 24.2 Å². The number of carbonyl (C=O) groups excluding carboxylic acids is 1. The molecule has 1 aromatic rings. The first-order valence-corrected chi connectivity index (χ1v) is 7.56. The number of carboxylic acid groups (broad SMARTS) is 1. The van der Waals surface area contributed by atoms with E-state index in [2.05, 4.69) is 4.72 Å². The summed E-state index contributed by atoms with van der Waals surface area (Å²) in [5.41, 5.74) is 4.46. The molecule has 0 saturated heterocycles. The Morgan fingerprint density at radius 3 is 2.48 bits per heavy atom. The first-order chi connectivity index (χ1) is 9.74. The molecular formula is C12H16N2O6S. The number of hydrogen-bond donors (Lipinski definition) is 4. The van der Waals surface area contributed by atoms with E-state index in [1.807, 2.05) is 0 Å². The lowest BCUT2D eigenvalue weighted by atomic mass is 10.2. The summed E-state index contributed by atoms with van der Waals surface area (Å²) in [5, 5.41) is 18.2. The predicted octanol–water partition coefficient (Wildman–Crippen LogP) is 0.0243. The number of hydrogen-bond acceptors (Lipinski definition) is 5. The minimum atomic E-state index is -3.87. The number of nitrogens with two attached hydrogens (primary N) is 1. The van der Waals surface area contributed by atoms with Crippen LogP contribution in [0.2, 0.25) is 0 Å². The molecule has 0 radical (unpaired) electrons. The van der Waals surface area contributed by atoms with Gasteiger partial charge in [0.15, 0.2) is 0 Å². The predicted molar refractivity (Wildman–Crippen MR) is 73.3 cm³/mol. The molecule has 9 heteroatoms. The number of primary amides is 1. The van der Waals surface area contributed by atoms with Crippen LogP contribution in [0.25, 0.3) is 0 Å². The molecular weight excluding hydrogens is 300 g/mol. The summed E-state index contributed by atoms with van der Waals surface area (Å²) in [6.07, 6.45) is 1.05. The van der Waals surface area contributed by atoms with Crippen LogP contribution >= 0.6 is 0 Å². The van der Waals surface area contributed by atoms with Crippen molar-refractivity contribution in [2.75, 3.05) is 6.54 Å². The molecule has 0 heterocycles. The third kappa shape index (κ3) is 5.04. The Hall–Kier alpha value is -2.13. The average Bonchev–Trinajstić information content (AvgIpc) is 2.37. The van der Waals surface area contributed by atoms with Crippen LogP contribution in [-0.2, 0) is 14.8 Å². The molecule has 0 aliphatic heterocycles. The minimum absolute atomic E-state index is 0.0961. The number of amides is 1. The molecule has 0 spiro atoms. The second kappa shape index (κ2) is 7.04. The highest BCUT2D eigenvalue weighted by Crippen LogP contribution is 2.21. The molecule has 1 amide bonds. The molecule has 8 nitrogen and oxygen atoms in total. The molecule has 1 rings (SSSR count). The van der Waals surface area contributed by atoms with Gasteiger partial charge in [-0.05, 0) is 31.0 Å². The number of aromatic hydroxyl groups is 1. The number of benzene rings is 1. The van der Waals surface area contributed by atoms with Crippen LogP contribution in [-0.4, -0.2) is 37.1 Å². The van der Waals surface area contributed by atoms with E-state index in [1.165, 1.54) is 0 Å². The summed E-state index contributed by atoms with van der Waals surface area (Å²) in [5.74, 6) is -2.39. The molecule has 0 atom stereocenters.